The molecule has 0 bridgehead atoms. The van der Waals surface area contributed by atoms with Crippen LogP contribution in [0.5, 0.6) is 0 Å². The van der Waals surface area contributed by atoms with Gasteiger partial charge in [-0.05, 0) is 49.4 Å². The molecule has 0 aliphatic carbocycles. The van der Waals surface area contributed by atoms with Gasteiger partial charge in [0.25, 0.3) is 0 Å². The van der Waals surface area contributed by atoms with E-state index >= 15 is 0 Å². The summed E-state index contributed by atoms with van der Waals surface area (Å²) in [6.45, 7) is 6.48. The quantitative estimate of drug-likeness (QED) is 0.831. The van der Waals surface area contributed by atoms with Gasteiger partial charge in [0, 0.05) is 6.42 Å². The lowest BCUT2D eigenvalue weighted by molar-refractivity contribution is -0.117. The molecule has 3 N–H and O–H groups in total. The van der Waals surface area contributed by atoms with Crippen molar-refractivity contribution in [3.05, 3.63) is 29.6 Å². The molecule has 1 aromatic rings. The fraction of sp³-hybridized carbons (Fsp3) is 0.533. The Labute approximate surface area is 114 Å². The minimum absolute atomic E-state index is 0.147. The fourth-order valence-electron chi connectivity index (χ4n) is 2.11. The second-order valence-electron chi connectivity index (χ2n) is 5.47. The van der Waals surface area contributed by atoms with Crippen molar-refractivity contribution in [1.29, 1.82) is 0 Å². The molecule has 4 heteroatoms. The molecular weight excluding hydrogens is 243 g/mol. The van der Waals surface area contributed by atoms with E-state index in [2.05, 4.69) is 19.2 Å². The summed E-state index contributed by atoms with van der Waals surface area (Å²) >= 11 is 0. The Morgan fingerprint density at radius 2 is 2.11 bits per heavy atom. The monoisotopic (exact) mass is 266 g/mol. The first kappa shape index (κ1) is 15.6. The van der Waals surface area contributed by atoms with E-state index in [1.807, 2.05) is 6.92 Å². The molecule has 19 heavy (non-hydrogen) atoms. The van der Waals surface area contributed by atoms with E-state index < -0.39 is 5.82 Å². The molecular formula is C15H23FN2O. The zero-order valence-corrected chi connectivity index (χ0v) is 11.9. The van der Waals surface area contributed by atoms with E-state index in [4.69, 9.17) is 5.73 Å². The van der Waals surface area contributed by atoms with E-state index in [1.165, 1.54) is 6.07 Å². The number of rotatable bonds is 6. The SMILES string of the molecule is Cc1ccc(NC(=O)CC(CN)CC(C)C)c(F)c1. The van der Waals surface area contributed by atoms with Crippen LogP contribution < -0.4 is 11.1 Å². The fourth-order valence-corrected chi connectivity index (χ4v) is 2.11. The molecule has 106 valence electrons. The molecule has 0 aliphatic rings. The van der Waals surface area contributed by atoms with Crippen molar-refractivity contribution in [3.63, 3.8) is 0 Å². The Bertz CT molecular complexity index is 432. The third-order valence-corrected chi connectivity index (χ3v) is 3.01. The highest BCUT2D eigenvalue weighted by Crippen LogP contribution is 2.18. The Hall–Kier alpha value is -1.42. The zero-order chi connectivity index (χ0) is 14.4. The van der Waals surface area contributed by atoms with Crippen molar-refractivity contribution in [2.24, 2.45) is 17.6 Å². The minimum Gasteiger partial charge on any atom is -0.330 e. The van der Waals surface area contributed by atoms with E-state index in [9.17, 15) is 9.18 Å². The van der Waals surface area contributed by atoms with E-state index in [1.54, 1.807) is 12.1 Å². The van der Waals surface area contributed by atoms with Gasteiger partial charge in [0.15, 0.2) is 0 Å². The van der Waals surface area contributed by atoms with Crippen LogP contribution >= 0.6 is 0 Å². The molecule has 0 saturated heterocycles. The zero-order valence-electron chi connectivity index (χ0n) is 11.9. The van der Waals surface area contributed by atoms with Crippen LogP contribution in [-0.4, -0.2) is 12.5 Å². The number of anilines is 1. The summed E-state index contributed by atoms with van der Waals surface area (Å²) < 4.78 is 13.6. The molecule has 1 aromatic carbocycles. The van der Waals surface area contributed by atoms with Crippen LogP contribution in [0.3, 0.4) is 0 Å². The van der Waals surface area contributed by atoms with Gasteiger partial charge < -0.3 is 11.1 Å². The second kappa shape index (κ2) is 7.24. The van der Waals surface area contributed by atoms with Gasteiger partial charge in [-0.2, -0.15) is 0 Å². The van der Waals surface area contributed by atoms with Gasteiger partial charge in [-0.25, -0.2) is 4.39 Å². The Morgan fingerprint density at radius 1 is 1.42 bits per heavy atom. The number of carbonyl (C=O) groups excluding carboxylic acids is 1. The molecule has 1 atom stereocenters. The van der Waals surface area contributed by atoms with Crippen LogP contribution in [0.15, 0.2) is 18.2 Å². The standard InChI is InChI=1S/C15H23FN2O/c1-10(2)6-12(9-17)8-15(19)18-14-5-4-11(3)7-13(14)16/h4-5,7,10,12H,6,8-9,17H2,1-3H3,(H,18,19). The summed E-state index contributed by atoms with van der Waals surface area (Å²) in [5.74, 6) is 0.0614. The number of benzene rings is 1. The molecule has 0 radical (unpaired) electrons. The lowest BCUT2D eigenvalue weighted by atomic mass is 9.94. The van der Waals surface area contributed by atoms with Gasteiger partial charge >= 0.3 is 0 Å². The van der Waals surface area contributed by atoms with Gasteiger partial charge in [-0.3, -0.25) is 4.79 Å². The van der Waals surface area contributed by atoms with Crippen molar-refractivity contribution >= 4 is 11.6 Å². The summed E-state index contributed by atoms with van der Waals surface area (Å²) in [5.41, 5.74) is 6.72. The summed E-state index contributed by atoms with van der Waals surface area (Å²) in [5, 5.41) is 2.61. The first-order chi connectivity index (χ1) is 8.92. The minimum atomic E-state index is -0.401. The maximum Gasteiger partial charge on any atom is 0.224 e. The van der Waals surface area contributed by atoms with Gasteiger partial charge in [0.1, 0.15) is 5.82 Å². The molecule has 3 nitrogen and oxygen atoms in total. The molecule has 0 fully saturated rings. The van der Waals surface area contributed by atoms with Crippen molar-refractivity contribution in [1.82, 2.24) is 0 Å². The highest BCUT2D eigenvalue weighted by molar-refractivity contribution is 5.91. The average Bonchev–Trinajstić information content (AvgIpc) is 2.31. The highest BCUT2D eigenvalue weighted by Gasteiger charge is 2.15. The normalized spacial score (nSPS) is 12.5. The van der Waals surface area contributed by atoms with E-state index in [0.717, 1.165) is 12.0 Å². The Morgan fingerprint density at radius 3 is 2.63 bits per heavy atom. The number of amides is 1. The van der Waals surface area contributed by atoms with E-state index in [-0.39, 0.29) is 17.5 Å². The highest BCUT2D eigenvalue weighted by atomic mass is 19.1. The predicted molar refractivity (Wildman–Crippen MR) is 76.4 cm³/mol. The van der Waals surface area contributed by atoms with Crippen molar-refractivity contribution in [2.75, 3.05) is 11.9 Å². The number of nitrogens with one attached hydrogen (secondary N) is 1. The molecule has 1 unspecified atom stereocenters. The number of halogens is 1. The van der Waals surface area contributed by atoms with E-state index in [0.29, 0.717) is 18.9 Å². The molecule has 1 amide bonds. The molecule has 0 aliphatic heterocycles. The number of hydrogen-bond acceptors (Lipinski definition) is 2. The lowest BCUT2D eigenvalue weighted by Crippen LogP contribution is -2.23. The average molecular weight is 266 g/mol. The van der Waals surface area contributed by atoms with Crippen LogP contribution in [0.2, 0.25) is 0 Å². The largest absolute Gasteiger partial charge is 0.330 e. The molecule has 0 saturated carbocycles. The number of hydrogen-bond donors (Lipinski definition) is 2. The van der Waals surface area contributed by atoms with Crippen molar-refractivity contribution in [2.45, 2.75) is 33.6 Å². The number of aryl methyl sites for hydroxylation is 1. The summed E-state index contributed by atoms with van der Waals surface area (Å²) in [6.07, 6.45) is 1.24. The third-order valence-electron chi connectivity index (χ3n) is 3.01. The number of carbonyl (C=O) groups is 1. The molecule has 0 aromatic heterocycles. The first-order valence-corrected chi connectivity index (χ1v) is 6.68. The third kappa shape index (κ3) is 5.39. The predicted octanol–water partition coefficient (Wildman–Crippen LogP) is 3.08. The molecule has 0 spiro atoms. The van der Waals surface area contributed by atoms with Crippen LogP contribution in [0.1, 0.15) is 32.3 Å². The molecule has 1 rings (SSSR count). The molecule has 0 heterocycles. The van der Waals surface area contributed by atoms with Crippen LogP contribution in [0.4, 0.5) is 10.1 Å². The topological polar surface area (TPSA) is 55.1 Å². The Balaban J connectivity index is 2.59. The number of nitrogens with two attached hydrogens (primary N) is 1. The maximum atomic E-state index is 13.6. The second-order valence-corrected chi connectivity index (χ2v) is 5.47. The lowest BCUT2D eigenvalue weighted by Gasteiger charge is -2.16. The van der Waals surface area contributed by atoms with Gasteiger partial charge in [0.05, 0.1) is 5.69 Å². The van der Waals surface area contributed by atoms with Crippen molar-refractivity contribution < 1.29 is 9.18 Å². The van der Waals surface area contributed by atoms with Crippen LogP contribution in [0.25, 0.3) is 0 Å². The first-order valence-electron chi connectivity index (χ1n) is 6.68. The van der Waals surface area contributed by atoms with Crippen molar-refractivity contribution in [3.8, 4) is 0 Å². The summed E-state index contributed by atoms with van der Waals surface area (Å²) in [7, 11) is 0. The van der Waals surface area contributed by atoms with Crippen LogP contribution in [-0.2, 0) is 4.79 Å². The Kier molecular flexibility index (Phi) is 5.96. The maximum absolute atomic E-state index is 13.6. The van der Waals surface area contributed by atoms with Gasteiger partial charge in [-0.15, -0.1) is 0 Å². The summed E-state index contributed by atoms with van der Waals surface area (Å²) in [6, 6.07) is 4.76. The van der Waals surface area contributed by atoms with Gasteiger partial charge in [-0.1, -0.05) is 19.9 Å². The smallest absolute Gasteiger partial charge is 0.224 e. The summed E-state index contributed by atoms with van der Waals surface area (Å²) in [4.78, 5) is 11.9. The van der Waals surface area contributed by atoms with Crippen LogP contribution in [0, 0.1) is 24.6 Å². The van der Waals surface area contributed by atoms with Gasteiger partial charge in [0.2, 0.25) is 5.91 Å².